The predicted octanol–water partition coefficient (Wildman–Crippen LogP) is 1.16. The number of carbonyl (C=O) groups is 1. The molecule has 0 aromatic carbocycles. The van der Waals surface area contributed by atoms with Crippen molar-refractivity contribution in [1.82, 2.24) is 9.97 Å². The molecule has 0 amide bonds. The Balaban J connectivity index is 2.45. The summed E-state index contributed by atoms with van der Waals surface area (Å²) in [5.74, 6) is -0.740. The molecule has 5 nitrogen and oxygen atoms in total. The molecule has 0 fully saturated rings. The van der Waals surface area contributed by atoms with Gasteiger partial charge in [-0.3, -0.25) is 4.79 Å². The number of carboxylic acids is 1. The monoisotopic (exact) mass is 222 g/mol. The molecule has 1 aliphatic carbocycles. The van der Waals surface area contributed by atoms with E-state index in [1.54, 1.807) is 14.0 Å². The van der Waals surface area contributed by atoms with Crippen molar-refractivity contribution >= 4 is 5.97 Å². The SMILES string of the molecule is COc1nc(C(C)C(=O)O)nc2c1CCC2. The summed E-state index contributed by atoms with van der Waals surface area (Å²) in [5.41, 5.74) is 1.97. The Kier molecular flexibility index (Phi) is 2.77. The Bertz CT molecular complexity index is 431. The molecule has 1 heterocycles. The van der Waals surface area contributed by atoms with Crippen LogP contribution in [0.3, 0.4) is 0 Å². The normalized spacial score (nSPS) is 15.6. The van der Waals surface area contributed by atoms with E-state index in [0.29, 0.717) is 11.7 Å². The minimum absolute atomic E-state index is 0.338. The molecule has 1 atom stereocenters. The van der Waals surface area contributed by atoms with Crippen LogP contribution in [0.15, 0.2) is 0 Å². The molecular formula is C11H14N2O3. The van der Waals surface area contributed by atoms with E-state index in [-0.39, 0.29) is 0 Å². The van der Waals surface area contributed by atoms with Gasteiger partial charge < -0.3 is 9.84 Å². The molecule has 86 valence electrons. The quantitative estimate of drug-likeness (QED) is 0.830. The Morgan fingerprint density at radius 2 is 2.19 bits per heavy atom. The lowest BCUT2D eigenvalue weighted by Crippen LogP contribution is -2.13. The molecule has 0 saturated heterocycles. The van der Waals surface area contributed by atoms with Crippen LogP contribution in [0.4, 0.5) is 0 Å². The molecule has 1 aliphatic rings. The fourth-order valence-corrected chi connectivity index (χ4v) is 1.89. The topological polar surface area (TPSA) is 72.3 Å². The van der Waals surface area contributed by atoms with Gasteiger partial charge in [0.15, 0.2) is 0 Å². The average Bonchev–Trinajstić information content (AvgIpc) is 2.74. The average molecular weight is 222 g/mol. The Morgan fingerprint density at radius 1 is 1.44 bits per heavy atom. The first-order chi connectivity index (χ1) is 7.63. The third-order valence-corrected chi connectivity index (χ3v) is 2.86. The van der Waals surface area contributed by atoms with E-state index in [4.69, 9.17) is 9.84 Å². The number of hydrogen-bond donors (Lipinski definition) is 1. The van der Waals surface area contributed by atoms with Crippen molar-refractivity contribution in [1.29, 1.82) is 0 Å². The van der Waals surface area contributed by atoms with Gasteiger partial charge in [-0.05, 0) is 26.2 Å². The highest BCUT2D eigenvalue weighted by Crippen LogP contribution is 2.29. The number of aromatic nitrogens is 2. The number of ether oxygens (including phenoxy) is 1. The van der Waals surface area contributed by atoms with Crippen LogP contribution >= 0.6 is 0 Å². The second kappa shape index (κ2) is 4.08. The molecule has 1 unspecified atom stereocenters. The molecule has 0 bridgehead atoms. The zero-order valence-corrected chi connectivity index (χ0v) is 9.36. The third kappa shape index (κ3) is 1.73. The van der Waals surface area contributed by atoms with Crippen LogP contribution < -0.4 is 4.74 Å². The van der Waals surface area contributed by atoms with Crippen LogP contribution in [0, 0.1) is 0 Å². The minimum Gasteiger partial charge on any atom is -0.481 e. The maximum atomic E-state index is 10.9. The number of rotatable bonds is 3. The fourth-order valence-electron chi connectivity index (χ4n) is 1.89. The summed E-state index contributed by atoms with van der Waals surface area (Å²) < 4.78 is 5.18. The van der Waals surface area contributed by atoms with Crippen molar-refractivity contribution in [3.8, 4) is 5.88 Å². The number of methoxy groups -OCH3 is 1. The van der Waals surface area contributed by atoms with Gasteiger partial charge in [-0.1, -0.05) is 0 Å². The van der Waals surface area contributed by atoms with Crippen LogP contribution in [0.1, 0.15) is 36.3 Å². The second-order valence-corrected chi connectivity index (χ2v) is 3.93. The van der Waals surface area contributed by atoms with E-state index in [2.05, 4.69) is 9.97 Å². The van der Waals surface area contributed by atoms with Gasteiger partial charge in [0.2, 0.25) is 5.88 Å². The summed E-state index contributed by atoms with van der Waals surface area (Å²) in [6, 6.07) is 0. The van der Waals surface area contributed by atoms with Crippen LogP contribution in [0.25, 0.3) is 0 Å². The fraction of sp³-hybridized carbons (Fsp3) is 0.545. The van der Waals surface area contributed by atoms with Gasteiger partial charge in [0.25, 0.3) is 0 Å². The third-order valence-electron chi connectivity index (χ3n) is 2.86. The Hall–Kier alpha value is -1.65. The van der Waals surface area contributed by atoms with Gasteiger partial charge in [-0.15, -0.1) is 0 Å². The summed E-state index contributed by atoms with van der Waals surface area (Å²) in [6.07, 6.45) is 2.83. The van der Waals surface area contributed by atoms with Crippen LogP contribution in [-0.2, 0) is 17.6 Å². The second-order valence-electron chi connectivity index (χ2n) is 3.93. The number of aryl methyl sites for hydroxylation is 1. The first-order valence-electron chi connectivity index (χ1n) is 5.30. The Morgan fingerprint density at radius 3 is 2.81 bits per heavy atom. The number of fused-ring (bicyclic) bond motifs is 1. The number of aliphatic carboxylic acids is 1. The number of hydrogen-bond acceptors (Lipinski definition) is 4. The zero-order valence-electron chi connectivity index (χ0n) is 9.36. The number of nitrogens with zero attached hydrogens (tertiary/aromatic N) is 2. The van der Waals surface area contributed by atoms with E-state index in [9.17, 15) is 4.79 Å². The van der Waals surface area contributed by atoms with Crippen molar-refractivity contribution in [3.63, 3.8) is 0 Å². The molecule has 0 spiro atoms. The van der Waals surface area contributed by atoms with E-state index < -0.39 is 11.9 Å². The largest absolute Gasteiger partial charge is 0.481 e. The number of carboxylic acid groups (broad SMARTS) is 1. The van der Waals surface area contributed by atoms with E-state index in [1.165, 1.54) is 0 Å². The van der Waals surface area contributed by atoms with Gasteiger partial charge in [-0.25, -0.2) is 4.98 Å². The van der Waals surface area contributed by atoms with Crippen LogP contribution in [0.5, 0.6) is 5.88 Å². The summed E-state index contributed by atoms with van der Waals surface area (Å²) in [5, 5.41) is 8.93. The van der Waals surface area contributed by atoms with Gasteiger partial charge in [0.1, 0.15) is 11.7 Å². The molecule has 1 N–H and O–H groups in total. The maximum absolute atomic E-state index is 10.9. The first-order valence-corrected chi connectivity index (χ1v) is 5.30. The van der Waals surface area contributed by atoms with Crippen molar-refractivity contribution in [2.45, 2.75) is 32.1 Å². The highest BCUT2D eigenvalue weighted by Gasteiger charge is 2.24. The van der Waals surface area contributed by atoms with Crippen molar-refractivity contribution < 1.29 is 14.6 Å². The van der Waals surface area contributed by atoms with E-state index in [1.807, 2.05) is 0 Å². The molecule has 0 aliphatic heterocycles. The maximum Gasteiger partial charge on any atom is 0.313 e. The molecule has 5 heteroatoms. The van der Waals surface area contributed by atoms with Crippen molar-refractivity contribution in [3.05, 3.63) is 17.1 Å². The van der Waals surface area contributed by atoms with Gasteiger partial charge in [0, 0.05) is 5.56 Å². The predicted molar refractivity (Wildman–Crippen MR) is 56.7 cm³/mol. The highest BCUT2D eigenvalue weighted by molar-refractivity contribution is 5.74. The van der Waals surface area contributed by atoms with Crippen LogP contribution in [-0.4, -0.2) is 28.2 Å². The molecule has 16 heavy (non-hydrogen) atoms. The molecule has 1 aromatic heterocycles. The lowest BCUT2D eigenvalue weighted by Gasteiger charge is -2.10. The molecule has 0 saturated carbocycles. The summed E-state index contributed by atoms with van der Waals surface area (Å²) in [7, 11) is 1.55. The summed E-state index contributed by atoms with van der Waals surface area (Å²) >= 11 is 0. The van der Waals surface area contributed by atoms with Crippen molar-refractivity contribution in [2.75, 3.05) is 7.11 Å². The lowest BCUT2D eigenvalue weighted by molar-refractivity contribution is -0.138. The standard InChI is InChI=1S/C11H14N2O3/c1-6(11(14)15)9-12-8-5-3-4-7(8)10(13-9)16-2/h6H,3-5H2,1-2H3,(H,14,15). The van der Waals surface area contributed by atoms with Crippen molar-refractivity contribution in [2.24, 2.45) is 0 Å². The molecular weight excluding hydrogens is 208 g/mol. The lowest BCUT2D eigenvalue weighted by atomic mass is 10.1. The molecule has 1 aromatic rings. The summed E-state index contributed by atoms with van der Waals surface area (Å²) in [6.45, 7) is 1.58. The Labute approximate surface area is 93.5 Å². The molecule has 0 radical (unpaired) electrons. The summed E-state index contributed by atoms with van der Waals surface area (Å²) in [4.78, 5) is 19.4. The van der Waals surface area contributed by atoms with Gasteiger partial charge in [0.05, 0.1) is 12.8 Å². The van der Waals surface area contributed by atoms with Crippen LogP contribution in [0.2, 0.25) is 0 Å². The smallest absolute Gasteiger partial charge is 0.313 e. The van der Waals surface area contributed by atoms with Gasteiger partial charge >= 0.3 is 5.97 Å². The van der Waals surface area contributed by atoms with E-state index in [0.717, 1.165) is 30.5 Å². The first kappa shape index (κ1) is 10.9. The highest BCUT2D eigenvalue weighted by atomic mass is 16.5. The van der Waals surface area contributed by atoms with E-state index >= 15 is 0 Å². The minimum atomic E-state index is -0.917. The molecule has 2 rings (SSSR count). The zero-order chi connectivity index (χ0) is 11.7. The van der Waals surface area contributed by atoms with Gasteiger partial charge in [-0.2, -0.15) is 4.98 Å².